The Morgan fingerprint density at radius 3 is 2.91 bits per heavy atom. The van der Waals surface area contributed by atoms with E-state index in [-0.39, 0.29) is 31.7 Å². The number of furan rings is 1. The van der Waals surface area contributed by atoms with Gasteiger partial charge in [-0.05, 0) is 42.3 Å². The summed E-state index contributed by atoms with van der Waals surface area (Å²) in [5.74, 6) is -0.532. The van der Waals surface area contributed by atoms with E-state index in [1.165, 1.54) is 11.5 Å². The van der Waals surface area contributed by atoms with E-state index < -0.39 is 24.2 Å². The SMILES string of the molecule is CC(O)c1cc2n(c(=O)c1COC=O)Cc1c-2nc2ccc3occc3c2c1CNC(=O)CO. The van der Waals surface area contributed by atoms with Crippen LogP contribution >= 0.6 is 0 Å². The largest absolute Gasteiger partial charge is 0.464 e. The van der Waals surface area contributed by atoms with Crippen molar-refractivity contribution in [3.05, 3.63) is 63.1 Å². The van der Waals surface area contributed by atoms with Gasteiger partial charge in [0.2, 0.25) is 5.91 Å². The zero-order chi connectivity index (χ0) is 24.0. The molecule has 1 aliphatic rings. The van der Waals surface area contributed by atoms with Crippen LogP contribution < -0.4 is 10.9 Å². The van der Waals surface area contributed by atoms with Crippen molar-refractivity contribution in [1.29, 1.82) is 0 Å². The predicted octanol–water partition coefficient (Wildman–Crippen LogP) is 1.51. The molecule has 10 heteroatoms. The molecule has 34 heavy (non-hydrogen) atoms. The fourth-order valence-electron chi connectivity index (χ4n) is 4.60. The molecular weight excluding hydrogens is 442 g/mol. The summed E-state index contributed by atoms with van der Waals surface area (Å²) in [5, 5.41) is 23.8. The first-order valence-electron chi connectivity index (χ1n) is 10.6. The number of pyridine rings is 2. The maximum atomic E-state index is 13.4. The smallest absolute Gasteiger partial charge is 0.293 e. The minimum absolute atomic E-state index is 0.109. The number of hydrogen-bond acceptors (Lipinski definition) is 8. The molecule has 1 atom stereocenters. The van der Waals surface area contributed by atoms with Crippen LogP contribution in [-0.2, 0) is 34.0 Å². The van der Waals surface area contributed by atoms with Crippen molar-refractivity contribution in [2.24, 2.45) is 0 Å². The van der Waals surface area contributed by atoms with E-state index in [1.807, 2.05) is 6.07 Å². The molecule has 3 aromatic heterocycles. The van der Waals surface area contributed by atoms with Gasteiger partial charge in [-0.15, -0.1) is 0 Å². The van der Waals surface area contributed by atoms with Gasteiger partial charge in [0.25, 0.3) is 12.0 Å². The van der Waals surface area contributed by atoms with Crippen LogP contribution in [-0.4, -0.2) is 38.8 Å². The quantitative estimate of drug-likeness (QED) is 0.308. The Kier molecular flexibility index (Phi) is 5.39. The maximum absolute atomic E-state index is 13.4. The zero-order valence-electron chi connectivity index (χ0n) is 18.2. The minimum Gasteiger partial charge on any atom is -0.464 e. The summed E-state index contributed by atoms with van der Waals surface area (Å²) >= 11 is 0. The van der Waals surface area contributed by atoms with Crippen molar-refractivity contribution < 1.29 is 29.0 Å². The van der Waals surface area contributed by atoms with Crippen molar-refractivity contribution in [1.82, 2.24) is 14.9 Å². The molecule has 0 bridgehead atoms. The van der Waals surface area contributed by atoms with E-state index in [2.05, 4.69) is 5.32 Å². The monoisotopic (exact) mass is 463 g/mol. The molecule has 1 unspecified atom stereocenters. The topological polar surface area (TPSA) is 144 Å². The highest BCUT2D eigenvalue weighted by Crippen LogP contribution is 2.39. The molecule has 0 radical (unpaired) electrons. The Balaban J connectivity index is 1.78. The number of aromatic nitrogens is 2. The second kappa shape index (κ2) is 8.40. The molecule has 10 nitrogen and oxygen atoms in total. The van der Waals surface area contributed by atoms with E-state index in [0.717, 1.165) is 21.9 Å². The molecule has 3 N–H and O–H groups in total. The number of fused-ring (bicyclic) bond motifs is 6. The van der Waals surface area contributed by atoms with Crippen molar-refractivity contribution in [2.45, 2.75) is 32.7 Å². The van der Waals surface area contributed by atoms with E-state index >= 15 is 0 Å². The van der Waals surface area contributed by atoms with Gasteiger partial charge in [-0.1, -0.05) is 0 Å². The Bertz CT molecular complexity index is 1520. The average Bonchev–Trinajstić information content (AvgIpc) is 3.45. The van der Waals surface area contributed by atoms with Gasteiger partial charge in [-0.2, -0.15) is 0 Å². The number of aliphatic hydroxyl groups is 2. The van der Waals surface area contributed by atoms with Gasteiger partial charge in [-0.25, -0.2) is 4.98 Å². The number of carbonyl (C=O) groups is 2. The van der Waals surface area contributed by atoms with Crippen molar-refractivity contribution in [2.75, 3.05) is 6.61 Å². The Morgan fingerprint density at radius 2 is 2.18 bits per heavy atom. The summed E-state index contributed by atoms with van der Waals surface area (Å²) in [4.78, 5) is 40.8. The highest BCUT2D eigenvalue weighted by atomic mass is 16.5. The van der Waals surface area contributed by atoms with Crippen LogP contribution in [0.15, 0.2) is 39.7 Å². The third kappa shape index (κ3) is 3.35. The Morgan fingerprint density at radius 1 is 1.35 bits per heavy atom. The van der Waals surface area contributed by atoms with E-state index in [1.54, 1.807) is 24.5 Å². The van der Waals surface area contributed by atoms with Crippen LogP contribution in [0.25, 0.3) is 33.3 Å². The number of rotatable bonds is 7. The van der Waals surface area contributed by atoms with Gasteiger partial charge < -0.3 is 29.3 Å². The van der Waals surface area contributed by atoms with Crippen molar-refractivity contribution >= 4 is 34.3 Å². The molecule has 0 saturated carbocycles. The molecule has 5 rings (SSSR count). The molecule has 1 aromatic carbocycles. The van der Waals surface area contributed by atoms with Gasteiger partial charge >= 0.3 is 0 Å². The van der Waals surface area contributed by atoms with Crippen LogP contribution in [0.2, 0.25) is 0 Å². The zero-order valence-corrected chi connectivity index (χ0v) is 18.2. The van der Waals surface area contributed by atoms with E-state index in [4.69, 9.17) is 14.1 Å². The lowest BCUT2D eigenvalue weighted by Gasteiger charge is -2.14. The summed E-state index contributed by atoms with van der Waals surface area (Å²) in [5.41, 5.74) is 4.03. The number of nitrogens with zero attached hydrogens (tertiary/aromatic N) is 2. The summed E-state index contributed by atoms with van der Waals surface area (Å²) in [6, 6.07) is 7.11. The van der Waals surface area contributed by atoms with Crippen molar-refractivity contribution in [3.8, 4) is 11.4 Å². The van der Waals surface area contributed by atoms with Gasteiger partial charge in [-0.3, -0.25) is 14.4 Å². The molecule has 4 heterocycles. The first-order chi connectivity index (χ1) is 16.4. The third-order valence-corrected chi connectivity index (χ3v) is 6.14. The Labute approximate surface area is 192 Å². The number of benzene rings is 1. The third-order valence-electron chi connectivity index (χ3n) is 6.14. The van der Waals surface area contributed by atoms with Gasteiger partial charge in [0, 0.05) is 22.9 Å². The Hall–Kier alpha value is -4.02. The van der Waals surface area contributed by atoms with Gasteiger partial charge in [0.1, 0.15) is 18.8 Å². The molecule has 0 saturated heterocycles. The number of carbonyl (C=O) groups excluding carboxylic acids is 2. The minimum atomic E-state index is -0.970. The van der Waals surface area contributed by atoms with Crippen LogP contribution in [0.5, 0.6) is 0 Å². The summed E-state index contributed by atoms with van der Waals surface area (Å²) in [7, 11) is 0. The highest BCUT2D eigenvalue weighted by molar-refractivity contribution is 6.07. The lowest BCUT2D eigenvalue weighted by molar-refractivity contribution is -0.130. The molecular formula is C24H21N3O7. The lowest BCUT2D eigenvalue weighted by atomic mass is 9.97. The average molecular weight is 463 g/mol. The van der Waals surface area contributed by atoms with E-state index in [0.29, 0.717) is 28.1 Å². The number of aliphatic hydroxyl groups excluding tert-OH is 2. The first kappa shape index (κ1) is 21.8. The van der Waals surface area contributed by atoms with E-state index in [9.17, 15) is 24.6 Å². The fraction of sp³-hybridized carbons (Fsp3) is 0.250. The predicted molar refractivity (Wildman–Crippen MR) is 121 cm³/mol. The van der Waals surface area contributed by atoms with Gasteiger partial charge in [0.15, 0.2) is 0 Å². The molecule has 0 aliphatic carbocycles. The van der Waals surface area contributed by atoms with Crippen LogP contribution in [0.4, 0.5) is 0 Å². The van der Waals surface area contributed by atoms with Crippen LogP contribution in [0, 0.1) is 0 Å². The van der Waals surface area contributed by atoms with Crippen LogP contribution in [0.3, 0.4) is 0 Å². The fourth-order valence-corrected chi connectivity index (χ4v) is 4.60. The molecule has 174 valence electrons. The number of nitrogens with one attached hydrogen (secondary N) is 1. The summed E-state index contributed by atoms with van der Waals surface area (Å²) in [6.07, 6.45) is 0.600. The molecule has 1 amide bonds. The highest BCUT2D eigenvalue weighted by Gasteiger charge is 2.29. The molecule has 4 aromatic rings. The molecule has 0 fully saturated rings. The standard InChI is InChI=1S/C24H21N3O7/c1-12(30)14-6-19-23-16(8-27(19)24(32)17(14)10-33-11-29)15(7-25-21(31)9-28)22-13-4-5-34-20(13)3-2-18(22)26-23/h2-6,11-12,28,30H,7-10H2,1H3,(H,25,31). The van der Waals surface area contributed by atoms with Crippen LogP contribution in [0.1, 0.15) is 35.3 Å². The lowest BCUT2D eigenvalue weighted by Crippen LogP contribution is -2.27. The summed E-state index contributed by atoms with van der Waals surface area (Å²) in [6.45, 7) is 1.17. The number of amides is 1. The first-order valence-corrected chi connectivity index (χ1v) is 10.6. The number of hydrogen-bond donors (Lipinski definition) is 3. The van der Waals surface area contributed by atoms with Gasteiger partial charge in [0.05, 0.1) is 41.4 Å². The molecule has 0 spiro atoms. The summed E-state index contributed by atoms with van der Waals surface area (Å²) < 4.78 is 11.9. The second-order valence-electron chi connectivity index (χ2n) is 8.08. The molecule has 1 aliphatic heterocycles. The second-order valence-corrected chi connectivity index (χ2v) is 8.08. The number of ether oxygens (including phenoxy) is 1. The normalized spacial score (nSPS) is 13.0. The van der Waals surface area contributed by atoms with Crippen molar-refractivity contribution in [3.63, 3.8) is 0 Å². The maximum Gasteiger partial charge on any atom is 0.293 e.